The van der Waals surface area contributed by atoms with E-state index in [-0.39, 0.29) is 29.9 Å². The molecule has 4 atom stereocenters. The Bertz CT molecular complexity index is 1640. The van der Waals surface area contributed by atoms with E-state index in [0.717, 1.165) is 67.0 Å². The molecule has 4 aliphatic heterocycles. The Morgan fingerprint density at radius 1 is 1.05 bits per heavy atom. The van der Waals surface area contributed by atoms with Crippen molar-refractivity contribution in [1.82, 2.24) is 20.1 Å². The number of likely N-dealkylation sites (tertiary alicyclic amines) is 1. The third-order valence-electron chi connectivity index (χ3n) is 9.70. The van der Waals surface area contributed by atoms with Crippen LogP contribution in [0.25, 0.3) is 10.9 Å². The molecule has 9 heteroatoms. The van der Waals surface area contributed by atoms with Gasteiger partial charge in [0.2, 0.25) is 11.8 Å². The Balaban J connectivity index is 0.979. The average Bonchev–Trinajstić information content (AvgIpc) is 3.49. The average molecular weight is 597 g/mol. The first-order valence-corrected chi connectivity index (χ1v) is 15.8. The van der Waals surface area contributed by atoms with Crippen LogP contribution in [-0.2, 0) is 27.4 Å². The number of imide groups is 1. The summed E-state index contributed by atoms with van der Waals surface area (Å²) in [6, 6.07) is 16.0. The van der Waals surface area contributed by atoms with Crippen LogP contribution in [0.5, 0.6) is 5.75 Å². The highest BCUT2D eigenvalue weighted by Gasteiger charge is 2.39. The van der Waals surface area contributed by atoms with Gasteiger partial charge in [0, 0.05) is 67.7 Å². The summed E-state index contributed by atoms with van der Waals surface area (Å²) in [6.45, 7) is 10.3. The van der Waals surface area contributed by atoms with Crippen molar-refractivity contribution in [2.75, 3.05) is 19.7 Å². The number of pyridine rings is 1. The molecule has 1 aromatic heterocycles. The van der Waals surface area contributed by atoms with Crippen LogP contribution in [0.2, 0.25) is 0 Å². The predicted molar refractivity (Wildman–Crippen MR) is 165 cm³/mol. The fraction of sp³-hybridized carbons (Fsp3) is 0.486. The van der Waals surface area contributed by atoms with Crippen LogP contribution in [-0.4, -0.2) is 69.9 Å². The molecule has 9 nitrogen and oxygen atoms in total. The number of hydrogen-bond donors (Lipinski definition) is 1. The van der Waals surface area contributed by atoms with E-state index in [1.165, 1.54) is 5.56 Å². The molecule has 0 spiro atoms. The lowest BCUT2D eigenvalue weighted by Gasteiger charge is -2.35. The molecule has 0 radical (unpaired) electrons. The normalized spacial score (nSPS) is 27.1. The van der Waals surface area contributed by atoms with Gasteiger partial charge in [-0.1, -0.05) is 19.1 Å². The van der Waals surface area contributed by atoms with Crippen molar-refractivity contribution >= 4 is 28.6 Å². The summed E-state index contributed by atoms with van der Waals surface area (Å²) < 4.78 is 12.4. The lowest BCUT2D eigenvalue weighted by molar-refractivity contribution is -0.136. The van der Waals surface area contributed by atoms with Crippen molar-refractivity contribution in [3.05, 3.63) is 70.9 Å². The van der Waals surface area contributed by atoms with Crippen LogP contribution in [0.1, 0.15) is 79.6 Å². The van der Waals surface area contributed by atoms with Gasteiger partial charge in [-0.2, -0.15) is 0 Å². The topological polar surface area (TPSA) is 101 Å². The largest absolute Gasteiger partial charge is 0.489 e. The Kier molecular flexibility index (Phi) is 7.41. The van der Waals surface area contributed by atoms with Crippen molar-refractivity contribution in [2.45, 2.75) is 83.2 Å². The number of nitrogens with zero attached hydrogens (tertiary/aromatic N) is 3. The number of hydrogen-bond acceptors (Lipinski definition) is 7. The van der Waals surface area contributed by atoms with Gasteiger partial charge in [0.15, 0.2) is 0 Å². The lowest BCUT2D eigenvalue weighted by Crippen LogP contribution is -2.52. The fourth-order valence-electron chi connectivity index (χ4n) is 7.37. The molecule has 0 saturated carbocycles. The lowest BCUT2D eigenvalue weighted by atomic mass is 9.86. The number of piperidine rings is 1. The summed E-state index contributed by atoms with van der Waals surface area (Å²) in [5.74, 6) is 0.661. The summed E-state index contributed by atoms with van der Waals surface area (Å²) in [6.07, 6.45) is 2.63. The van der Waals surface area contributed by atoms with Gasteiger partial charge in [-0.15, -0.1) is 0 Å². The maximum atomic E-state index is 13.0. The van der Waals surface area contributed by atoms with Crippen LogP contribution < -0.4 is 10.1 Å². The number of benzene rings is 2. The molecule has 2 aromatic carbocycles. The van der Waals surface area contributed by atoms with Crippen molar-refractivity contribution in [2.24, 2.45) is 5.92 Å². The summed E-state index contributed by atoms with van der Waals surface area (Å²) in [5.41, 5.74) is 4.81. The predicted octanol–water partition coefficient (Wildman–Crippen LogP) is 4.57. The Labute approximate surface area is 257 Å². The first kappa shape index (κ1) is 28.9. The molecule has 44 heavy (non-hydrogen) atoms. The van der Waals surface area contributed by atoms with Crippen LogP contribution >= 0.6 is 0 Å². The van der Waals surface area contributed by atoms with Gasteiger partial charge in [-0.05, 0) is 80.6 Å². The molecule has 1 unspecified atom stereocenters. The van der Waals surface area contributed by atoms with Crippen molar-refractivity contribution < 1.29 is 23.9 Å². The first-order chi connectivity index (χ1) is 21.1. The number of aromatic nitrogens is 1. The molecule has 3 amide bonds. The Hall–Kier alpha value is -3.82. The molecule has 0 aliphatic carbocycles. The Morgan fingerprint density at radius 2 is 1.91 bits per heavy atom. The number of carbonyl (C=O) groups is 3. The van der Waals surface area contributed by atoms with Gasteiger partial charge in [-0.25, -0.2) is 0 Å². The van der Waals surface area contributed by atoms with Gasteiger partial charge in [0.1, 0.15) is 17.9 Å². The smallest absolute Gasteiger partial charge is 0.255 e. The van der Waals surface area contributed by atoms with Crippen LogP contribution in [0, 0.1) is 5.92 Å². The standard InChI is InChI=1S/C35H40N4O5/c1-21-17-38(18-22-4-8-28-23(14-22)5-9-29(36-28)24-12-13-43-35(2,3)16-24)20-31(21)44-26-6-7-27-25(15-26)19-39(34(27)42)30-10-11-32(40)37-33(30)41/h4-9,14-15,21,24,30-31H,10-13,16-20H2,1-3H3,(H,37,40,41)/t21-,24-,30?,31-/m1/s1. The van der Waals surface area contributed by atoms with E-state index >= 15 is 0 Å². The molecule has 1 N–H and O–H groups in total. The number of amides is 3. The SMILES string of the molecule is C[C@@H]1CN(Cc2ccc3nc([C@@H]4CCOC(C)(C)C4)ccc3c2)C[C@H]1Oc1ccc2c(c1)CN(C1CCC(=O)NC1=O)C2=O. The van der Waals surface area contributed by atoms with Gasteiger partial charge in [-0.3, -0.25) is 29.6 Å². The maximum Gasteiger partial charge on any atom is 0.255 e. The zero-order chi connectivity index (χ0) is 30.6. The van der Waals surface area contributed by atoms with E-state index in [1.54, 1.807) is 11.0 Å². The Morgan fingerprint density at radius 3 is 2.73 bits per heavy atom. The molecule has 3 fully saturated rings. The van der Waals surface area contributed by atoms with Gasteiger partial charge in [0.05, 0.1) is 11.1 Å². The van der Waals surface area contributed by atoms with E-state index in [4.69, 9.17) is 14.5 Å². The second-order valence-corrected chi connectivity index (χ2v) is 13.6. The zero-order valence-electron chi connectivity index (χ0n) is 25.7. The van der Waals surface area contributed by atoms with Gasteiger partial charge in [0.25, 0.3) is 5.91 Å². The van der Waals surface area contributed by atoms with E-state index in [1.807, 2.05) is 12.1 Å². The highest BCUT2D eigenvalue weighted by atomic mass is 16.5. The van der Waals surface area contributed by atoms with Gasteiger partial charge < -0.3 is 14.4 Å². The third kappa shape index (κ3) is 5.71. The van der Waals surface area contributed by atoms with Crippen LogP contribution in [0.3, 0.4) is 0 Å². The number of rotatable bonds is 6. The highest BCUT2D eigenvalue weighted by molar-refractivity contribution is 6.05. The summed E-state index contributed by atoms with van der Waals surface area (Å²) in [4.78, 5) is 46.0. The molecule has 230 valence electrons. The minimum atomic E-state index is -0.618. The van der Waals surface area contributed by atoms with Crippen molar-refractivity contribution in [3.8, 4) is 5.75 Å². The number of ether oxygens (including phenoxy) is 2. The zero-order valence-corrected chi connectivity index (χ0v) is 25.7. The summed E-state index contributed by atoms with van der Waals surface area (Å²) >= 11 is 0. The van der Waals surface area contributed by atoms with Crippen LogP contribution in [0.4, 0.5) is 0 Å². The second kappa shape index (κ2) is 11.3. The van der Waals surface area contributed by atoms with E-state index in [0.29, 0.717) is 30.4 Å². The van der Waals surface area contributed by atoms with Crippen molar-refractivity contribution in [3.63, 3.8) is 0 Å². The van der Waals surface area contributed by atoms with E-state index in [9.17, 15) is 14.4 Å². The summed E-state index contributed by atoms with van der Waals surface area (Å²) in [7, 11) is 0. The maximum absolute atomic E-state index is 13.0. The molecule has 3 saturated heterocycles. The van der Waals surface area contributed by atoms with E-state index in [2.05, 4.69) is 61.3 Å². The number of fused-ring (bicyclic) bond motifs is 2. The molecule has 0 bridgehead atoms. The second-order valence-electron chi connectivity index (χ2n) is 13.6. The minimum absolute atomic E-state index is 0.0322. The first-order valence-electron chi connectivity index (χ1n) is 15.8. The quantitative estimate of drug-likeness (QED) is 0.416. The molecule has 7 rings (SSSR count). The summed E-state index contributed by atoms with van der Waals surface area (Å²) in [5, 5.41) is 3.52. The number of carbonyl (C=O) groups excluding carboxylic acids is 3. The molecular weight excluding hydrogens is 556 g/mol. The van der Waals surface area contributed by atoms with Crippen molar-refractivity contribution in [1.29, 1.82) is 0 Å². The highest BCUT2D eigenvalue weighted by Crippen LogP contribution is 2.36. The number of nitrogens with one attached hydrogen (secondary N) is 1. The fourth-order valence-corrected chi connectivity index (χ4v) is 7.37. The molecule has 3 aromatic rings. The van der Waals surface area contributed by atoms with Crippen LogP contribution in [0.15, 0.2) is 48.5 Å². The monoisotopic (exact) mass is 596 g/mol. The molecule has 5 heterocycles. The minimum Gasteiger partial charge on any atom is -0.489 e. The molecular formula is C35H40N4O5. The van der Waals surface area contributed by atoms with Gasteiger partial charge >= 0.3 is 0 Å². The molecule has 4 aliphatic rings. The third-order valence-corrected chi connectivity index (χ3v) is 9.70. The van der Waals surface area contributed by atoms with E-state index < -0.39 is 11.9 Å².